The second kappa shape index (κ2) is 12.2. The van der Waals surface area contributed by atoms with Crippen molar-refractivity contribution < 1.29 is 29.6 Å². The van der Waals surface area contributed by atoms with E-state index in [4.69, 9.17) is 15.2 Å². The molecule has 178 valence electrons. The molecule has 1 amide bonds. The smallest absolute Gasteiger partial charge is 0.255 e. The van der Waals surface area contributed by atoms with Gasteiger partial charge in [0.05, 0.1) is 19.3 Å². The molecule has 1 heterocycles. The number of hydrogen-bond donors (Lipinski definition) is 2. The Morgan fingerprint density at radius 1 is 1.16 bits per heavy atom. The van der Waals surface area contributed by atoms with E-state index in [-0.39, 0.29) is 28.2 Å². The summed E-state index contributed by atoms with van der Waals surface area (Å²) in [5.74, 6) is 0.759. The van der Waals surface area contributed by atoms with Crippen molar-refractivity contribution in [2.75, 3.05) is 39.1 Å². The molecule has 2 aromatic rings. The highest BCUT2D eigenvalue weighted by molar-refractivity contribution is 5.97. The summed E-state index contributed by atoms with van der Waals surface area (Å²) < 4.78 is 23.9. The maximum atomic E-state index is 12.9. The number of likely N-dealkylation sites (tertiary alicyclic amines) is 1. The molecule has 7 N–H and O–H groups in total. The average Bonchev–Trinajstić information content (AvgIpc) is 2.73. The van der Waals surface area contributed by atoms with Crippen LogP contribution >= 0.6 is 0 Å². The number of nitrogen functional groups attached to an aromatic ring is 1. The zero-order valence-electron chi connectivity index (χ0n) is 18.6. The Balaban J connectivity index is 0.00000256. The number of nitrogens with two attached hydrogens (primary N) is 1. The zero-order chi connectivity index (χ0) is 21.6. The second-order valence-electron chi connectivity index (χ2n) is 7.97. The van der Waals surface area contributed by atoms with Gasteiger partial charge in [0.2, 0.25) is 0 Å². The van der Waals surface area contributed by atoms with Crippen LogP contribution in [0, 0.1) is 5.82 Å². The molecular weight excluding hydrogens is 417 g/mol. The van der Waals surface area contributed by atoms with Gasteiger partial charge in [0.15, 0.2) is 0 Å². The first-order valence-electron chi connectivity index (χ1n) is 10.3. The fourth-order valence-electron chi connectivity index (χ4n) is 3.64. The third kappa shape index (κ3) is 7.37. The van der Waals surface area contributed by atoms with Crippen LogP contribution in [0.3, 0.4) is 0 Å². The average molecular weight is 452 g/mol. The molecule has 0 aliphatic carbocycles. The molecule has 32 heavy (non-hydrogen) atoms. The summed E-state index contributed by atoms with van der Waals surface area (Å²) in [4.78, 5) is 15.2. The number of carbonyl (C=O) groups excluding carboxylic acids is 1. The summed E-state index contributed by atoms with van der Waals surface area (Å²) in [6.45, 7) is 5.42. The predicted octanol–water partition coefficient (Wildman–Crippen LogP) is 1.82. The number of nitrogens with zero attached hydrogens (tertiary/aromatic N) is 1. The lowest BCUT2D eigenvalue weighted by Gasteiger charge is -2.40. The molecule has 2 aromatic carbocycles. The molecule has 3 rings (SSSR count). The van der Waals surface area contributed by atoms with Gasteiger partial charge in [-0.1, -0.05) is 0 Å². The molecule has 0 unspecified atom stereocenters. The van der Waals surface area contributed by atoms with Gasteiger partial charge < -0.3 is 36.4 Å². The quantitative estimate of drug-likeness (QED) is 0.465. The van der Waals surface area contributed by atoms with Gasteiger partial charge in [-0.3, -0.25) is 4.79 Å². The van der Waals surface area contributed by atoms with Crippen LogP contribution in [0.2, 0.25) is 0 Å². The number of nitrogens with one attached hydrogen (secondary N) is 1. The van der Waals surface area contributed by atoms with E-state index < -0.39 is 0 Å². The van der Waals surface area contributed by atoms with Crippen LogP contribution in [0.4, 0.5) is 10.1 Å². The Bertz CT molecular complexity index is 855. The Hall–Kier alpha value is -2.88. The minimum Gasteiger partial charge on any atom is -0.496 e. The Morgan fingerprint density at radius 2 is 1.81 bits per heavy atom. The van der Waals surface area contributed by atoms with Gasteiger partial charge in [-0.2, -0.15) is 0 Å². The number of methoxy groups -OCH3 is 1. The molecule has 1 aliphatic heterocycles. The molecule has 0 bridgehead atoms. The number of piperidine rings is 1. The van der Waals surface area contributed by atoms with Crippen LogP contribution < -0.4 is 20.5 Å². The van der Waals surface area contributed by atoms with Gasteiger partial charge in [0.25, 0.3) is 5.91 Å². The van der Waals surface area contributed by atoms with E-state index in [9.17, 15) is 9.18 Å². The highest BCUT2D eigenvalue weighted by atomic mass is 19.1. The van der Waals surface area contributed by atoms with E-state index in [0.29, 0.717) is 29.4 Å². The Labute approximate surface area is 188 Å². The van der Waals surface area contributed by atoms with Crippen LogP contribution in [0.1, 0.15) is 36.5 Å². The first-order valence-corrected chi connectivity index (χ1v) is 10.3. The molecular formula is C23H34FN3O5. The number of carbonyl (C=O) groups is 1. The maximum Gasteiger partial charge on any atom is 0.255 e. The largest absolute Gasteiger partial charge is 0.496 e. The molecule has 0 aromatic heterocycles. The molecule has 0 saturated carbocycles. The highest BCUT2D eigenvalue weighted by Gasteiger charge is 2.32. The lowest BCUT2D eigenvalue weighted by atomic mass is 9.89. The van der Waals surface area contributed by atoms with E-state index >= 15 is 0 Å². The van der Waals surface area contributed by atoms with Crippen molar-refractivity contribution in [2.24, 2.45) is 0 Å². The van der Waals surface area contributed by atoms with E-state index in [0.717, 1.165) is 38.9 Å². The predicted molar refractivity (Wildman–Crippen MR) is 123 cm³/mol. The zero-order valence-corrected chi connectivity index (χ0v) is 18.6. The fraction of sp³-hybridized carbons (Fsp3) is 0.435. The van der Waals surface area contributed by atoms with E-state index in [1.54, 1.807) is 30.3 Å². The van der Waals surface area contributed by atoms with Gasteiger partial charge in [-0.25, -0.2) is 4.39 Å². The lowest BCUT2D eigenvalue weighted by Crippen LogP contribution is -2.53. The minimum atomic E-state index is -0.263. The van der Waals surface area contributed by atoms with Gasteiger partial charge in [-0.15, -0.1) is 0 Å². The number of halogens is 1. The van der Waals surface area contributed by atoms with Crippen molar-refractivity contribution >= 4 is 11.6 Å². The summed E-state index contributed by atoms with van der Waals surface area (Å²) in [7, 11) is 1.53. The first-order chi connectivity index (χ1) is 14.4. The van der Waals surface area contributed by atoms with Crippen LogP contribution in [0.25, 0.3) is 0 Å². The number of ether oxygens (including phenoxy) is 2. The maximum absolute atomic E-state index is 12.9. The SMILES string of the molecule is COc1cc(N)ccc1C(=O)NC1(C)CCN(CCCOc2ccc(F)cc2)CC1.O.O. The summed E-state index contributed by atoms with van der Waals surface area (Å²) in [6.07, 6.45) is 2.63. The number of amides is 1. The number of hydrogen-bond acceptors (Lipinski definition) is 5. The van der Waals surface area contributed by atoms with Crippen LogP contribution in [-0.4, -0.2) is 60.6 Å². The van der Waals surface area contributed by atoms with Crippen molar-refractivity contribution in [1.82, 2.24) is 10.2 Å². The molecule has 8 nitrogen and oxygen atoms in total. The van der Waals surface area contributed by atoms with Gasteiger partial charge in [-0.05, 0) is 62.6 Å². The van der Waals surface area contributed by atoms with Gasteiger partial charge in [0.1, 0.15) is 17.3 Å². The Morgan fingerprint density at radius 3 is 2.44 bits per heavy atom. The summed E-state index contributed by atoms with van der Waals surface area (Å²) >= 11 is 0. The van der Waals surface area contributed by atoms with Crippen molar-refractivity contribution in [3.63, 3.8) is 0 Å². The van der Waals surface area contributed by atoms with Crippen molar-refractivity contribution in [3.8, 4) is 11.5 Å². The van der Waals surface area contributed by atoms with Gasteiger partial charge >= 0.3 is 0 Å². The van der Waals surface area contributed by atoms with Crippen LogP contribution in [-0.2, 0) is 0 Å². The molecule has 0 radical (unpaired) electrons. The van der Waals surface area contributed by atoms with Crippen LogP contribution in [0.5, 0.6) is 11.5 Å². The normalized spacial score (nSPS) is 15.1. The number of rotatable bonds is 8. The molecule has 0 atom stereocenters. The second-order valence-corrected chi connectivity index (χ2v) is 7.97. The van der Waals surface area contributed by atoms with Crippen molar-refractivity contribution in [2.45, 2.75) is 31.7 Å². The number of anilines is 1. The van der Waals surface area contributed by atoms with Gasteiger partial charge in [0, 0.05) is 36.9 Å². The highest BCUT2D eigenvalue weighted by Crippen LogP contribution is 2.26. The van der Waals surface area contributed by atoms with Crippen molar-refractivity contribution in [1.29, 1.82) is 0 Å². The Kier molecular flexibility index (Phi) is 10.4. The molecule has 1 aliphatic rings. The van der Waals surface area contributed by atoms with E-state index in [1.807, 2.05) is 0 Å². The lowest BCUT2D eigenvalue weighted by molar-refractivity contribution is 0.0827. The summed E-state index contributed by atoms with van der Waals surface area (Å²) in [6, 6.07) is 11.1. The summed E-state index contributed by atoms with van der Waals surface area (Å²) in [5.41, 5.74) is 6.57. The molecule has 0 spiro atoms. The standard InChI is InChI=1S/C23H30FN3O3.2H2O/c1-23(26-22(28)20-9-6-18(25)16-21(20)29-2)10-13-27(14-11-23)12-3-15-30-19-7-4-17(24)5-8-19;;/h4-9,16H,3,10-15,25H2,1-2H3,(H,26,28);2*1H2. The topological polar surface area (TPSA) is 140 Å². The first kappa shape index (κ1) is 27.2. The molecule has 9 heteroatoms. The van der Waals surface area contributed by atoms with E-state index in [1.165, 1.54) is 19.2 Å². The third-order valence-corrected chi connectivity index (χ3v) is 5.55. The van der Waals surface area contributed by atoms with E-state index in [2.05, 4.69) is 17.1 Å². The minimum absolute atomic E-state index is 0. The van der Waals surface area contributed by atoms with Crippen LogP contribution in [0.15, 0.2) is 42.5 Å². The summed E-state index contributed by atoms with van der Waals surface area (Å²) in [5, 5.41) is 3.18. The third-order valence-electron chi connectivity index (χ3n) is 5.55. The van der Waals surface area contributed by atoms with Crippen molar-refractivity contribution in [3.05, 3.63) is 53.8 Å². The monoisotopic (exact) mass is 451 g/mol. The molecule has 1 saturated heterocycles. The number of benzene rings is 2. The fourth-order valence-corrected chi connectivity index (χ4v) is 3.64. The molecule has 1 fully saturated rings.